The van der Waals surface area contributed by atoms with E-state index in [0.717, 1.165) is 11.5 Å². The van der Waals surface area contributed by atoms with Crippen molar-refractivity contribution in [1.29, 1.82) is 0 Å². The van der Waals surface area contributed by atoms with Gasteiger partial charge < -0.3 is 5.73 Å². The van der Waals surface area contributed by atoms with Crippen molar-refractivity contribution >= 4 is 11.8 Å². The van der Waals surface area contributed by atoms with Gasteiger partial charge in [-0.05, 0) is 31.5 Å². The van der Waals surface area contributed by atoms with Gasteiger partial charge in [0.1, 0.15) is 0 Å². The molecule has 13 heavy (non-hydrogen) atoms. The Bertz CT molecular complexity index is 241. The molecule has 0 aliphatic heterocycles. The van der Waals surface area contributed by atoms with Crippen LogP contribution in [0.25, 0.3) is 0 Å². The monoisotopic (exact) mass is 196 g/mol. The molecule has 0 radical (unpaired) electrons. The Hall–Kier alpha value is -0.540. The van der Waals surface area contributed by atoms with Crippen molar-refractivity contribution < 1.29 is 0 Å². The van der Waals surface area contributed by atoms with E-state index < -0.39 is 0 Å². The third-order valence-electron chi connectivity index (χ3n) is 1.49. The van der Waals surface area contributed by atoms with Crippen LogP contribution in [-0.2, 0) is 5.75 Å². The van der Waals surface area contributed by atoms with Gasteiger partial charge in [-0.3, -0.25) is 4.98 Å². The van der Waals surface area contributed by atoms with Crippen LogP contribution >= 0.6 is 11.8 Å². The van der Waals surface area contributed by atoms with Gasteiger partial charge in [0.2, 0.25) is 0 Å². The van der Waals surface area contributed by atoms with Gasteiger partial charge in [0.25, 0.3) is 0 Å². The lowest BCUT2D eigenvalue weighted by Crippen LogP contribution is -2.34. The van der Waals surface area contributed by atoms with Crippen LogP contribution in [0, 0.1) is 0 Å². The topological polar surface area (TPSA) is 38.9 Å². The lowest BCUT2D eigenvalue weighted by atomic mass is 10.1. The summed E-state index contributed by atoms with van der Waals surface area (Å²) in [6.45, 7) is 4.10. The molecule has 0 amide bonds. The normalized spacial score (nSPS) is 11.6. The van der Waals surface area contributed by atoms with Crippen LogP contribution in [0.15, 0.2) is 24.5 Å². The van der Waals surface area contributed by atoms with Gasteiger partial charge in [-0.2, -0.15) is 11.8 Å². The molecule has 0 saturated heterocycles. The molecule has 0 aromatic carbocycles. The zero-order valence-electron chi connectivity index (χ0n) is 8.16. The SMILES string of the molecule is CC(C)(N)CSCc1ccncc1. The molecule has 0 atom stereocenters. The first-order valence-electron chi connectivity index (χ1n) is 4.33. The second kappa shape index (κ2) is 4.63. The van der Waals surface area contributed by atoms with E-state index in [1.165, 1.54) is 5.56 Å². The lowest BCUT2D eigenvalue weighted by molar-refractivity contribution is 0.591. The first-order chi connectivity index (χ1) is 6.08. The average molecular weight is 196 g/mol. The van der Waals surface area contributed by atoms with E-state index in [1.807, 2.05) is 50.1 Å². The van der Waals surface area contributed by atoms with Crippen LogP contribution in [0.4, 0.5) is 0 Å². The number of nitrogens with two attached hydrogens (primary N) is 1. The van der Waals surface area contributed by atoms with E-state index in [-0.39, 0.29) is 5.54 Å². The van der Waals surface area contributed by atoms with E-state index in [2.05, 4.69) is 4.98 Å². The van der Waals surface area contributed by atoms with Crippen LogP contribution in [0.1, 0.15) is 19.4 Å². The Balaban J connectivity index is 2.29. The van der Waals surface area contributed by atoms with Crippen LogP contribution < -0.4 is 5.73 Å². The Kier molecular flexibility index (Phi) is 3.75. The van der Waals surface area contributed by atoms with Gasteiger partial charge in [0, 0.05) is 29.4 Å². The first-order valence-corrected chi connectivity index (χ1v) is 5.49. The Morgan fingerprint density at radius 3 is 2.54 bits per heavy atom. The second-order valence-electron chi connectivity index (χ2n) is 3.84. The van der Waals surface area contributed by atoms with Crippen molar-refractivity contribution in [2.45, 2.75) is 25.1 Å². The molecule has 0 spiro atoms. The molecule has 72 valence electrons. The predicted octanol–water partition coefficient (Wildman–Crippen LogP) is 2.05. The van der Waals surface area contributed by atoms with E-state index in [9.17, 15) is 0 Å². The summed E-state index contributed by atoms with van der Waals surface area (Å²) in [6, 6.07) is 4.08. The molecular formula is C10H16N2S. The van der Waals surface area contributed by atoms with Crippen LogP contribution in [0.5, 0.6) is 0 Å². The summed E-state index contributed by atoms with van der Waals surface area (Å²) in [4.78, 5) is 3.97. The molecule has 0 aliphatic rings. The quantitative estimate of drug-likeness (QED) is 0.801. The van der Waals surface area contributed by atoms with Gasteiger partial charge in [-0.25, -0.2) is 0 Å². The maximum atomic E-state index is 5.87. The standard InChI is InChI=1S/C10H16N2S/c1-10(2,11)8-13-7-9-3-5-12-6-4-9/h3-6H,7-8,11H2,1-2H3. The van der Waals surface area contributed by atoms with Crippen molar-refractivity contribution in [1.82, 2.24) is 4.98 Å². The summed E-state index contributed by atoms with van der Waals surface area (Å²) in [5.74, 6) is 2.00. The third kappa shape index (κ3) is 4.90. The molecule has 3 heteroatoms. The summed E-state index contributed by atoms with van der Waals surface area (Å²) >= 11 is 1.86. The molecule has 0 aliphatic carbocycles. The Labute approximate surface area is 83.9 Å². The van der Waals surface area contributed by atoms with Crippen molar-refractivity contribution in [3.8, 4) is 0 Å². The minimum Gasteiger partial charge on any atom is -0.325 e. The fourth-order valence-electron chi connectivity index (χ4n) is 0.911. The summed E-state index contributed by atoms with van der Waals surface area (Å²) in [7, 11) is 0. The maximum Gasteiger partial charge on any atom is 0.0270 e. The third-order valence-corrected chi connectivity index (χ3v) is 2.98. The molecule has 1 aromatic heterocycles. The number of aromatic nitrogens is 1. The zero-order valence-corrected chi connectivity index (χ0v) is 8.97. The molecule has 1 rings (SSSR count). The van der Waals surface area contributed by atoms with Crippen molar-refractivity contribution in [3.63, 3.8) is 0 Å². The van der Waals surface area contributed by atoms with E-state index in [4.69, 9.17) is 5.73 Å². The minimum absolute atomic E-state index is 0.0717. The lowest BCUT2D eigenvalue weighted by Gasteiger charge is -2.17. The molecule has 2 nitrogen and oxygen atoms in total. The van der Waals surface area contributed by atoms with Gasteiger partial charge in [-0.1, -0.05) is 0 Å². The number of hydrogen-bond donors (Lipinski definition) is 1. The molecule has 0 unspecified atom stereocenters. The van der Waals surface area contributed by atoms with Crippen LogP contribution in [-0.4, -0.2) is 16.3 Å². The fraction of sp³-hybridized carbons (Fsp3) is 0.500. The van der Waals surface area contributed by atoms with Crippen molar-refractivity contribution in [2.24, 2.45) is 5.73 Å². The second-order valence-corrected chi connectivity index (χ2v) is 4.82. The molecule has 2 N–H and O–H groups in total. The Morgan fingerprint density at radius 2 is 2.00 bits per heavy atom. The highest BCUT2D eigenvalue weighted by molar-refractivity contribution is 7.98. The number of hydrogen-bond acceptors (Lipinski definition) is 3. The number of rotatable bonds is 4. The highest BCUT2D eigenvalue weighted by atomic mass is 32.2. The number of pyridine rings is 1. The molecule has 0 fully saturated rings. The molecule has 0 bridgehead atoms. The van der Waals surface area contributed by atoms with Gasteiger partial charge in [-0.15, -0.1) is 0 Å². The Morgan fingerprint density at radius 1 is 1.38 bits per heavy atom. The number of nitrogens with zero attached hydrogens (tertiary/aromatic N) is 1. The van der Waals surface area contributed by atoms with E-state index >= 15 is 0 Å². The van der Waals surface area contributed by atoms with E-state index in [0.29, 0.717) is 0 Å². The van der Waals surface area contributed by atoms with Gasteiger partial charge >= 0.3 is 0 Å². The zero-order chi connectivity index (χ0) is 9.73. The smallest absolute Gasteiger partial charge is 0.0270 e. The van der Waals surface area contributed by atoms with Crippen molar-refractivity contribution in [2.75, 3.05) is 5.75 Å². The highest BCUT2D eigenvalue weighted by Crippen LogP contribution is 2.15. The highest BCUT2D eigenvalue weighted by Gasteiger charge is 2.09. The largest absolute Gasteiger partial charge is 0.325 e. The summed E-state index contributed by atoms with van der Waals surface area (Å²) in [5.41, 5.74) is 7.10. The number of thioether (sulfide) groups is 1. The predicted molar refractivity (Wildman–Crippen MR) is 58.7 cm³/mol. The fourth-order valence-corrected chi connectivity index (χ4v) is 1.97. The maximum absolute atomic E-state index is 5.87. The summed E-state index contributed by atoms with van der Waals surface area (Å²) in [5, 5.41) is 0. The molecule has 1 heterocycles. The van der Waals surface area contributed by atoms with E-state index in [1.54, 1.807) is 0 Å². The van der Waals surface area contributed by atoms with Crippen LogP contribution in [0.3, 0.4) is 0 Å². The average Bonchev–Trinajstić information content (AvgIpc) is 2.04. The van der Waals surface area contributed by atoms with Crippen molar-refractivity contribution in [3.05, 3.63) is 30.1 Å². The van der Waals surface area contributed by atoms with Gasteiger partial charge in [0.05, 0.1) is 0 Å². The minimum atomic E-state index is -0.0717. The van der Waals surface area contributed by atoms with Gasteiger partial charge in [0.15, 0.2) is 0 Å². The van der Waals surface area contributed by atoms with Crippen LogP contribution in [0.2, 0.25) is 0 Å². The summed E-state index contributed by atoms with van der Waals surface area (Å²) in [6.07, 6.45) is 3.65. The molecule has 1 aromatic rings. The summed E-state index contributed by atoms with van der Waals surface area (Å²) < 4.78 is 0. The molecule has 0 saturated carbocycles. The molecular weight excluding hydrogens is 180 g/mol. The first kappa shape index (κ1) is 10.5.